The highest BCUT2D eigenvalue weighted by Crippen LogP contribution is 2.17. The van der Waals surface area contributed by atoms with Gasteiger partial charge in [-0.15, -0.1) is 0 Å². The molecule has 2 heterocycles. The van der Waals surface area contributed by atoms with Crippen LogP contribution in [0.4, 0.5) is 0 Å². The third-order valence-corrected chi connectivity index (χ3v) is 5.33. The standard InChI is InChI=1S/C17H20N4O3S/c1-12-13(2)21-10-9-20(11-16(21)19-12)17(22)8-5-14-3-6-15(7-4-14)25(18,23)24/h3-8H,9-11H2,1-2H3,(H2,18,23,24). The van der Waals surface area contributed by atoms with E-state index >= 15 is 0 Å². The summed E-state index contributed by atoms with van der Waals surface area (Å²) in [5.74, 6) is 0.806. The molecule has 0 atom stereocenters. The number of amides is 1. The molecule has 1 aromatic heterocycles. The van der Waals surface area contributed by atoms with E-state index in [1.54, 1.807) is 23.1 Å². The van der Waals surface area contributed by atoms with Crippen LogP contribution in [-0.4, -0.2) is 35.3 Å². The molecule has 1 aliphatic heterocycles. The summed E-state index contributed by atoms with van der Waals surface area (Å²) in [4.78, 5) is 18.7. The van der Waals surface area contributed by atoms with E-state index < -0.39 is 10.0 Å². The fraction of sp³-hybridized carbons (Fsp3) is 0.294. The zero-order valence-corrected chi connectivity index (χ0v) is 15.0. The topological polar surface area (TPSA) is 98.3 Å². The van der Waals surface area contributed by atoms with Crippen molar-refractivity contribution < 1.29 is 13.2 Å². The summed E-state index contributed by atoms with van der Waals surface area (Å²) in [5.41, 5.74) is 2.87. The number of carbonyl (C=O) groups is 1. The first kappa shape index (κ1) is 17.4. The molecule has 132 valence electrons. The lowest BCUT2D eigenvalue weighted by molar-refractivity contribution is -0.127. The number of rotatable bonds is 3. The molecule has 0 unspecified atom stereocenters. The predicted molar refractivity (Wildman–Crippen MR) is 94.0 cm³/mol. The van der Waals surface area contributed by atoms with Gasteiger partial charge >= 0.3 is 0 Å². The van der Waals surface area contributed by atoms with E-state index in [1.807, 2.05) is 13.8 Å². The van der Waals surface area contributed by atoms with E-state index in [2.05, 4.69) is 9.55 Å². The SMILES string of the molecule is Cc1nc2n(c1C)CCN(C(=O)C=Cc1ccc(S(N)(=O)=O)cc1)C2. The molecule has 3 rings (SSSR count). The largest absolute Gasteiger partial charge is 0.330 e. The van der Waals surface area contributed by atoms with Crippen molar-refractivity contribution in [2.24, 2.45) is 5.14 Å². The molecule has 2 aromatic rings. The van der Waals surface area contributed by atoms with Crippen LogP contribution in [0.5, 0.6) is 0 Å². The second-order valence-electron chi connectivity index (χ2n) is 6.06. The molecule has 8 heteroatoms. The minimum absolute atomic E-state index is 0.0459. The van der Waals surface area contributed by atoms with Crippen molar-refractivity contribution in [1.29, 1.82) is 0 Å². The Labute approximate surface area is 146 Å². The van der Waals surface area contributed by atoms with Gasteiger partial charge in [0.1, 0.15) is 5.82 Å². The Balaban J connectivity index is 1.69. The second kappa shape index (κ2) is 6.45. The maximum absolute atomic E-state index is 12.4. The van der Waals surface area contributed by atoms with Gasteiger partial charge in [0.25, 0.3) is 0 Å². The summed E-state index contributed by atoms with van der Waals surface area (Å²) in [6.45, 7) is 5.87. The molecule has 25 heavy (non-hydrogen) atoms. The molecule has 0 aliphatic carbocycles. The van der Waals surface area contributed by atoms with Crippen LogP contribution < -0.4 is 5.14 Å². The summed E-state index contributed by atoms with van der Waals surface area (Å²) in [6.07, 6.45) is 3.15. The Morgan fingerprint density at radius 2 is 1.88 bits per heavy atom. The van der Waals surface area contributed by atoms with Gasteiger partial charge in [0.15, 0.2) is 0 Å². The van der Waals surface area contributed by atoms with E-state index in [9.17, 15) is 13.2 Å². The highest BCUT2D eigenvalue weighted by atomic mass is 32.2. The van der Waals surface area contributed by atoms with Gasteiger partial charge in [0, 0.05) is 24.9 Å². The van der Waals surface area contributed by atoms with Crippen LogP contribution in [0.25, 0.3) is 6.08 Å². The van der Waals surface area contributed by atoms with Gasteiger partial charge in [-0.2, -0.15) is 0 Å². The normalized spacial score (nSPS) is 14.8. The van der Waals surface area contributed by atoms with E-state index in [1.165, 1.54) is 18.2 Å². The molecule has 2 N–H and O–H groups in total. The molecule has 1 aliphatic rings. The highest BCUT2D eigenvalue weighted by molar-refractivity contribution is 7.89. The van der Waals surface area contributed by atoms with Gasteiger partial charge in [-0.3, -0.25) is 4.79 Å². The molecule has 0 fully saturated rings. The summed E-state index contributed by atoms with van der Waals surface area (Å²) >= 11 is 0. The van der Waals surface area contributed by atoms with Crippen molar-refractivity contribution in [3.8, 4) is 0 Å². The fourth-order valence-corrected chi connectivity index (χ4v) is 3.36. The molecule has 0 saturated carbocycles. The quantitative estimate of drug-likeness (QED) is 0.832. The Bertz CT molecular complexity index is 943. The number of hydrogen-bond acceptors (Lipinski definition) is 4. The highest BCUT2D eigenvalue weighted by Gasteiger charge is 2.22. The number of fused-ring (bicyclic) bond motifs is 1. The smallest absolute Gasteiger partial charge is 0.247 e. The number of imidazole rings is 1. The molecule has 1 aromatic carbocycles. The molecule has 1 amide bonds. The third kappa shape index (κ3) is 3.64. The first-order valence-corrected chi connectivity index (χ1v) is 9.43. The molecular weight excluding hydrogens is 340 g/mol. The van der Waals surface area contributed by atoms with Gasteiger partial charge in [-0.25, -0.2) is 18.5 Å². The molecular formula is C17H20N4O3S. The number of benzene rings is 1. The Morgan fingerprint density at radius 3 is 2.52 bits per heavy atom. The van der Waals surface area contributed by atoms with Crippen LogP contribution >= 0.6 is 0 Å². The van der Waals surface area contributed by atoms with Crippen molar-refractivity contribution >= 4 is 22.0 Å². The van der Waals surface area contributed by atoms with Gasteiger partial charge in [0.2, 0.25) is 15.9 Å². The summed E-state index contributed by atoms with van der Waals surface area (Å²) in [5, 5.41) is 5.06. The van der Waals surface area contributed by atoms with Crippen molar-refractivity contribution in [1.82, 2.24) is 14.5 Å². The van der Waals surface area contributed by atoms with E-state index in [0.717, 1.165) is 29.3 Å². The molecule has 0 radical (unpaired) electrons. The van der Waals surface area contributed by atoms with Crippen molar-refractivity contribution in [2.45, 2.75) is 31.8 Å². The van der Waals surface area contributed by atoms with Gasteiger partial charge < -0.3 is 9.47 Å². The van der Waals surface area contributed by atoms with E-state index in [4.69, 9.17) is 5.14 Å². The third-order valence-electron chi connectivity index (χ3n) is 4.40. The summed E-state index contributed by atoms with van der Waals surface area (Å²) in [6, 6.07) is 6.06. The average molecular weight is 360 g/mol. The number of aryl methyl sites for hydroxylation is 1. The number of aromatic nitrogens is 2. The number of nitrogens with two attached hydrogens (primary N) is 1. The maximum atomic E-state index is 12.4. The van der Waals surface area contributed by atoms with Crippen LogP contribution in [0.2, 0.25) is 0 Å². The summed E-state index contributed by atoms with van der Waals surface area (Å²) in [7, 11) is -3.71. The fourth-order valence-electron chi connectivity index (χ4n) is 2.84. The number of sulfonamides is 1. The number of nitrogens with zero attached hydrogens (tertiary/aromatic N) is 3. The number of carbonyl (C=O) groups excluding carboxylic acids is 1. The lowest BCUT2D eigenvalue weighted by Gasteiger charge is -2.27. The Kier molecular flexibility index (Phi) is 4.49. The van der Waals surface area contributed by atoms with E-state index in [-0.39, 0.29) is 10.8 Å². The average Bonchev–Trinajstić information content (AvgIpc) is 2.86. The minimum Gasteiger partial charge on any atom is -0.330 e. The number of primary sulfonamides is 1. The van der Waals surface area contributed by atoms with Gasteiger partial charge in [-0.05, 0) is 37.6 Å². The summed E-state index contributed by atoms with van der Waals surface area (Å²) < 4.78 is 24.6. The minimum atomic E-state index is -3.71. The maximum Gasteiger partial charge on any atom is 0.247 e. The Hall–Kier alpha value is -2.45. The van der Waals surface area contributed by atoms with Crippen molar-refractivity contribution in [3.63, 3.8) is 0 Å². The molecule has 7 nitrogen and oxygen atoms in total. The number of hydrogen-bond donors (Lipinski definition) is 1. The molecule has 0 bridgehead atoms. The van der Waals surface area contributed by atoms with Gasteiger partial charge in [-0.1, -0.05) is 12.1 Å². The van der Waals surface area contributed by atoms with Crippen LogP contribution in [-0.2, 0) is 27.9 Å². The monoisotopic (exact) mass is 360 g/mol. The zero-order chi connectivity index (χ0) is 18.2. The van der Waals surface area contributed by atoms with Crippen LogP contribution in [0, 0.1) is 13.8 Å². The van der Waals surface area contributed by atoms with Gasteiger partial charge in [0.05, 0.1) is 17.1 Å². The lowest BCUT2D eigenvalue weighted by atomic mass is 10.2. The van der Waals surface area contributed by atoms with E-state index in [0.29, 0.717) is 13.1 Å². The van der Waals surface area contributed by atoms with Crippen molar-refractivity contribution in [2.75, 3.05) is 6.54 Å². The first-order chi connectivity index (χ1) is 11.8. The van der Waals surface area contributed by atoms with Crippen LogP contribution in [0.15, 0.2) is 35.2 Å². The molecule has 0 spiro atoms. The molecule has 0 saturated heterocycles. The zero-order valence-electron chi connectivity index (χ0n) is 14.1. The van der Waals surface area contributed by atoms with Crippen LogP contribution in [0.1, 0.15) is 22.8 Å². The van der Waals surface area contributed by atoms with Crippen molar-refractivity contribution in [3.05, 3.63) is 53.1 Å². The second-order valence-corrected chi connectivity index (χ2v) is 7.62. The predicted octanol–water partition coefficient (Wildman–Crippen LogP) is 1.20. The first-order valence-electron chi connectivity index (χ1n) is 7.88. The lowest BCUT2D eigenvalue weighted by Crippen LogP contribution is -2.37. The Morgan fingerprint density at radius 1 is 1.20 bits per heavy atom. The van der Waals surface area contributed by atoms with Crippen LogP contribution in [0.3, 0.4) is 0 Å².